The summed E-state index contributed by atoms with van der Waals surface area (Å²) in [6.45, 7) is 0. The number of para-hydroxylation sites is 1. The van der Waals surface area contributed by atoms with Crippen LogP contribution in [0.4, 0.5) is 0 Å². The van der Waals surface area contributed by atoms with Crippen LogP contribution in [0, 0.1) is 0 Å². The highest BCUT2D eigenvalue weighted by molar-refractivity contribution is 6.44. The van der Waals surface area contributed by atoms with E-state index in [9.17, 15) is 4.79 Å². The van der Waals surface area contributed by atoms with Crippen molar-refractivity contribution in [2.24, 2.45) is 0 Å². The maximum atomic E-state index is 12.4. The lowest BCUT2D eigenvalue weighted by atomic mass is 10.1. The van der Waals surface area contributed by atoms with Gasteiger partial charge in [0.25, 0.3) is 0 Å². The Labute approximate surface area is 129 Å². The molecule has 0 bridgehead atoms. The van der Waals surface area contributed by atoms with Gasteiger partial charge in [-0.15, -0.1) is 0 Å². The van der Waals surface area contributed by atoms with Crippen molar-refractivity contribution in [3.63, 3.8) is 0 Å². The van der Waals surface area contributed by atoms with Crippen LogP contribution in [-0.4, -0.2) is 5.78 Å². The van der Waals surface area contributed by atoms with Crippen molar-refractivity contribution in [2.45, 2.75) is 0 Å². The molecule has 5 heteroatoms. The predicted molar refractivity (Wildman–Crippen MR) is 81.1 cm³/mol. The van der Waals surface area contributed by atoms with Crippen LogP contribution in [0.5, 0.6) is 0 Å². The van der Waals surface area contributed by atoms with Crippen LogP contribution in [0.3, 0.4) is 0 Å². The van der Waals surface area contributed by atoms with Gasteiger partial charge < -0.3 is 4.42 Å². The first-order chi connectivity index (χ1) is 9.58. The predicted octanol–water partition coefficient (Wildman–Crippen LogP) is 5.62. The molecule has 0 radical (unpaired) electrons. The summed E-state index contributed by atoms with van der Waals surface area (Å²) in [5.74, 6) is -0.151. The summed E-state index contributed by atoms with van der Waals surface area (Å²) < 4.78 is 5.53. The number of halogens is 3. The van der Waals surface area contributed by atoms with Crippen molar-refractivity contribution in [1.29, 1.82) is 0 Å². The zero-order chi connectivity index (χ0) is 14.3. The first-order valence-electron chi connectivity index (χ1n) is 5.74. The van der Waals surface area contributed by atoms with E-state index in [-0.39, 0.29) is 16.6 Å². The molecule has 0 saturated carbocycles. The van der Waals surface area contributed by atoms with Crippen LogP contribution in [-0.2, 0) is 0 Å². The molecule has 0 aliphatic heterocycles. The van der Waals surface area contributed by atoms with Gasteiger partial charge in [-0.1, -0.05) is 53.0 Å². The van der Waals surface area contributed by atoms with Gasteiger partial charge in [-0.25, -0.2) is 0 Å². The molecular weight excluding hydrogens is 319 g/mol. The summed E-state index contributed by atoms with van der Waals surface area (Å²) in [7, 11) is 0. The summed E-state index contributed by atoms with van der Waals surface area (Å²) in [6, 6.07) is 11.8. The molecular formula is C15H7Cl3O2. The van der Waals surface area contributed by atoms with Gasteiger partial charge in [0.2, 0.25) is 5.78 Å². The molecule has 2 nitrogen and oxygen atoms in total. The lowest BCUT2D eigenvalue weighted by Gasteiger charge is -2.02. The minimum absolute atomic E-state index is 0.178. The molecule has 20 heavy (non-hydrogen) atoms. The van der Waals surface area contributed by atoms with Crippen LogP contribution >= 0.6 is 34.8 Å². The van der Waals surface area contributed by atoms with Crippen molar-refractivity contribution in [1.82, 2.24) is 0 Å². The number of ketones is 1. The second-order valence-electron chi connectivity index (χ2n) is 4.20. The van der Waals surface area contributed by atoms with Crippen LogP contribution < -0.4 is 0 Å². The van der Waals surface area contributed by atoms with Crippen molar-refractivity contribution in [2.75, 3.05) is 0 Å². The molecule has 0 aliphatic carbocycles. The van der Waals surface area contributed by atoms with Crippen molar-refractivity contribution in [3.05, 3.63) is 68.9 Å². The molecule has 0 fully saturated rings. The number of rotatable bonds is 2. The summed E-state index contributed by atoms with van der Waals surface area (Å²) in [5.41, 5.74) is 0.782. The van der Waals surface area contributed by atoms with E-state index in [0.717, 1.165) is 5.39 Å². The lowest BCUT2D eigenvalue weighted by molar-refractivity contribution is 0.101. The van der Waals surface area contributed by atoms with Gasteiger partial charge in [0.05, 0.1) is 15.1 Å². The monoisotopic (exact) mass is 324 g/mol. The number of carbonyl (C=O) groups is 1. The molecule has 0 amide bonds. The fraction of sp³-hybridized carbons (Fsp3) is 0. The first kappa shape index (κ1) is 13.5. The number of hydrogen-bond acceptors (Lipinski definition) is 2. The second kappa shape index (κ2) is 5.13. The quantitative estimate of drug-likeness (QED) is 0.572. The van der Waals surface area contributed by atoms with Gasteiger partial charge in [-0.3, -0.25) is 4.79 Å². The van der Waals surface area contributed by atoms with Crippen molar-refractivity contribution in [3.8, 4) is 0 Å². The van der Waals surface area contributed by atoms with Crippen LogP contribution in [0.2, 0.25) is 15.1 Å². The van der Waals surface area contributed by atoms with E-state index in [0.29, 0.717) is 21.2 Å². The smallest absolute Gasteiger partial charge is 0.229 e. The van der Waals surface area contributed by atoms with Crippen LogP contribution in [0.1, 0.15) is 16.1 Å². The highest BCUT2D eigenvalue weighted by atomic mass is 35.5. The Morgan fingerprint density at radius 3 is 2.40 bits per heavy atom. The average Bonchev–Trinajstić information content (AvgIpc) is 2.87. The summed E-state index contributed by atoms with van der Waals surface area (Å²) in [5, 5.41) is 1.76. The maximum Gasteiger partial charge on any atom is 0.229 e. The third-order valence-corrected chi connectivity index (χ3v) is 4.03. The summed E-state index contributed by atoms with van der Waals surface area (Å²) in [6.07, 6.45) is 0. The standard InChI is InChI=1S/C15H7Cl3O2/c16-10-5-2-4-9(13(10)18)14(19)12-7-8-3-1-6-11(17)15(8)20-12/h1-7H. The van der Waals surface area contributed by atoms with E-state index in [1.807, 2.05) is 6.07 Å². The molecule has 3 aromatic rings. The van der Waals surface area contributed by atoms with E-state index >= 15 is 0 Å². The Balaban J connectivity index is 2.13. The molecule has 1 heterocycles. The van der Waals surface area contributed by atoms with E-state index in [4.69, 9.17) is 39.2 Å². The fourth-order valence-corrected chi connectivity index (χ4v) is 2.56. The molecule has 0 aliphatic rings. The minimum atomic E-state index is -0.329. The molecule has 0 unspecified atom stereocenters. The number of carbonyl (C=O) groups excluding carboxylic acids is 1. The van der Waals surface area contributed by atoms with E-state index in [2.05, 4.69) is 0 Å². The Hall–Kier alpha value is -1.48. The van der Waals surface area contributed by atoms with Crippen LogP contribution in [0.25, 0.3) is 11.0 Å². The zero-order valence-corrected chi connectivity index (χ0v) is 12.3. The zero-order valence-electron chi connectivity index (χ0n) is 9.99. The SMILES string of the molecule is O=C(c1cc2cccc(Cl)c2o1)c1cccc(Cl)c1Cl. The largest absolute Gasteiger partial charge is 0.451 e. The van der Waals surface area contributed by atoms with E-state index in [1.54, 1.807) is 36.4 Å². The highest BCUT2D eigenvalue weighted by Gasteiger charge is 2.19. The number of benzene rings is 2. The van der Waals surface area contributed by atoms with Gasteiger partial charge in [0, 0.05) is 10.9 Å². The molecule has 1 aromatic heterocycles. The Morgan fingerprint density at radius 1 is 0.950 bits per heavy atom. The van der Waals surface area contributed by atoms with Gasteiger partial charge >= 0.3 is 0 Å². The van der Waals surface area contributed by atoms with Gasteiger partial charge in [-0.2, -0.15) is 0 Å². The normalized spacial score (nSPS) is 10.9. The topological polar surface area (TPSA) is 30.2 Å². The Morgan fingerprint density at radius 2 is 1.65 bits per heavy atom. The average molecular weight is 326 g/mol. The molecule has 0 N–H and O–H groups in total. The molecule has 0 spiro atoms. The molecule has 0 saturated heterocycles. The molecule has 2 aromatic carbocycles. The fourth-order valence-electron chi connectivity index (χ4n) is 1.95. The second-order valence-corrected chi connectivity index (χ2v) is 5.39. The Kier molecular flexibility index (Phi) is 3.47. The lowest BCUT2D eigenvalue weighted by Crippen LogP contribution is -2.00. The van der Waals surface area contributed by atoms with Gasteiger partial charge in [0.1, 0.15) is 0 Å². The van der Waals surface area contributed by atoms with Gasteiger partial charge in [-0.05, 0) is 24.3 Å². The highest BCUT2D eigenvalue weighted by Crippen LogP contribution is 2.31. The van der Waals surface area contributed by atoms with E-state index < -0.39 is 0 Å². The maximum absolute atomic E-state index is 12.4. The summed E-state index contributed by atoms with van der Waals surface area (Å²) in [4.78, 5) is 12.4. The molecule has 100 valence electrons. The van der Waals surface area contributed by atoms with E-state index in [1.165, 1.54) is 0 Å². The Bertz CT molecular complexity index is 821. The number of fused-ring (bicyclic) bond motifs is 1. The minimum Gasteiger partial charge on any atom is -0.451 e. The first-order valence-corrected chi connectivity index (χ1v) is 6.88. The third-order valence-electron chi connectivity index (χ3n) is 2.92. The van der Waals surface area contributed by atoms with Gasteiger partial charge in [0.15, 0.2) is 11.3 Å². The number of furan rings is 1. The van der Waals surface area contributed by atoms with Crippen LogP contribution in [0.15, 0.2) is 46.9 Å². The molecule has 3 rings (SSSR count). The van der Waals surface area contributed by atoms with Crippen molar-refractivity contribution < 1.29 is 9.21 Å². The number of hydrogen-bond donors (Lipinski definition) is 0. The third kappa shape index (κ3) is 2.20. The van der Waals surface area contributed by atoms with Crippen molar-refractivity contribution >= 4 is 51.6 Å². The summed E-state index contributed by atoms with van der Waals surface area (Å²) >= 11 is 18.0. The molecule has 0 atom stereocenters.